The lowest BCUT2D eigenvalue weighted by Gasteiger charge is -2.15. The molecule has 1 N–H and O–H groups in total. The van der Waals surface area contributed by atoms with Gasteiger partial charge in [0.2, 0.25) is 0 Å². The molecule has 3 heteroatoms. The summed E-state index contributed by atoms with van der Waals surface area (Å²) >= 11 is 1.85. The average Bonchev–Trinajstić information content (AvgIpc) is 2.34. The Labute approximate surface area is 103 Å². The Morgan fingerprint density at radius 2 is 2.00 bits per heavy atom. The molecule has 0 aromatic heterocycles. The number of hydrogen-bond acceptors (Lipinski definition) is 3. The van der Waals surface area contributed by atoms with Crippen molar-refractivity contribution in [2.75, 3.05) is 25.7 Å². The van der Waals surface area contributed by atoms with E-state index in [1.807, 2.05) is 18.8 Å². The quantitative estimate of drug-likeness (QED) is 0.790. The van der Waals surface area contributed by atoms with Gasteiger partial charge in [0.1, 0.15) is 5.75 Å². The first-order chi connectivity index (χ1) is 7.81. The third-order valence-electron chi connectivity index (χ3n) is 2.44. The van der Waals surface area contributed by atoms with Gasteiger partial charge in [0, 0.05) is 11.8 Å². The van der Waals surface area contributed by atoms with E-state index in [-0.39, 0.29) is 0 Å². The second-order valence-electron chi connectivity index (χ2n) is 3.71. The molecule has 1 atom stereocenters. The molecule has 1 aromatic carbocycles. The van der Waals surface area contributed by atoms with Crippen molar-refractivity contribution in [3.05, 3.63) is 29.8 Å². The van der Waals surface area contributed by atoms with E-state index in [9.17, 15) is 0 Å². The summed E-state index contributed by atoms with van der Waals surface area (Å²) in [5.41, 5.74) is 1.32. The minimum absolute atomic E-state index is 0.426. The number of benzene rings is 1. The van der Waals surface area contributed by atoms with Crippen LogP contribution >= 0.6 is 11.8 Å². The maximum Gasteiger partial charge on any atom is 0.119 e. The average molecular weight is 239 g/mol. The SMILES string of the molecule is CCCOc1ccc(C(CSC)NC)cc1. The van der Waals surface area contributed by atoms with Crippen LogP contribution in [0.15, 0.2) is 24.3 Å². The Hall–Kier alpha value is -0.670. The minimum atomic E-state index is 0.426. The molecule has 0 spiro atoms. The van der Waals surface area contributed by atoms with Gasteiger partial charge in [0.25, 0.3) is 0 Å². The highest BCUT2D eigenvalue weighted by molar-refractivity contribution is 7.98. The van der Waals surface area contributed by atoms with Crippen LogP contribution in [0, 0.1) is 0 Å². The van der Waals surface area contributed by atoms with E-state index in [0.29, 0.717) is 6.04 Å². The molecule has 0 heterocycles. The molecule has 2 nitrogen and oxygen atoms in total. The molecule has 0 saturated heterocycles. The van der Waals surface area contributed by atoms with Gasteiger partial charge in [-0.15, -0.1) is 0 Å². The van der Waals surface area contributed by atoms with Crippen molar-refractivity contribution in [3.8, 4) is 5.75 Å². The van der Waals surface area contributed by atoms with Crippen LogP contribution in [-0.4, -0.2) is 25.7 Å². The molecule has 16 heavy (non-hydrogen) atoms. The molecule has 1 aromatic rings. The van der Waals surface area contributed by atoms with Gasteiger partial charge in [0.15, 0.2) is 0 Å². The van der Waals surface area contributed by atoms with Crippen LogP contribution in [0.25, 0.3) is 0 Å². The molecular formula is C13H21NOS. The summed E-state index contributed by atoms with van der Waals surface area (Å²) in [6.45, 7) is 2.91. The van der Waals surface area contributed by atoms with Crippen LogP contribution in [0.2, 0.25) is 0 Å². The lowest BCUT2D eigenvalue weighted by molar-refractivity contribution is 0.317. The van der Waals surface area contributed by atoms with E-state index in [4.69, 9.17) is 4.74 Å². The van der Waals surface area contributed by atoms with Gasteiger partial charge in [0.05, 0.1) is 6.61 Å². The van der Waals surface area contributed by atoms with Crippen molar-refractivity contribution in [3.63, 3.8) is 0 Å². The Balaban J connectivity index is 2.61. The Bertz CT molecular complexity index is 286. The number of hydrogen-bond donors (Lipinski definition) is 1. The van der Waals surface area contributed by atoms with E-state index in [1.54, 1.807) is 0 Å². The van der Waals surface area contributed by atoms with Crippen molar-refractivity contribution in [1.82, 2.24) is 5.32 Å². The zero-order valence-corrected chi connectivity index (χ0v) is 11.1. The monoisotopic (exact) mass is 239 g/mol. The first kappa shape index (κ1) is 13.4. The zero-order valence-electron chi connectivity index (χ0n) is 10.3. The first-order valence-electron chi connectivity index (χ1n) is 5.70. The van der Waals surface area contributed by atoms with E-state index in [0.717, 1.165) is 24.5 Å². The molecule has 0 radical (unpaired) electrons. The Morgan fingerprint density at radius 1 is 1.31 bits per heavy atom. The van der Waals surface area contributed by atoms with Crippen molar-refractivity contribution in [1.29, 1.82) is 0 Å². The summed E-state index contributed by atoms with van der Waals surface area (Å²) in [7, 11) is 2.00. The van der Waals surface area contributed by atoms with Crippen LogP contribution in [0.4, 0.5) is 0 Å². The largest absolute Gasteiger partial charge is 0.494 e. The second kappa shape index (κ2) is 7.58. The van der Waals surface area contributed by atoms with Crippen molar-refractivity contribution in [2.24, 2.45) is 0 Å². The summed E-state index contributed by atoms with van der Waals surface area (Å²) in [5, 5.41) is 3.32. The number of nitrogens with one attached hydrogen (secondary N) is 1. The summed E-state index contributed by atoms with van der Waals surface area (Å²) < 4.78 is 5.56. The molecule has 1 rings (SSSR count). The van der Waals surface area contributed by atoms with Gasteiger partial charge in [-0.05, 0) is 37.4 Å². The summed E-state index contributed by atoms with van der Waals surface area (Å²) in [6.07, 6.45) is 3.18. The fourth-order valence-electron chi connectivity index (χ4n) is 1.53. The molecule has 90 valence electrons. The van der Waals surface area contributed by atoms with Gasteiger partial charge >= 0.3 is 0 Å². The minimum Gasteiger partial charge on any atom is -0.494 e. The fraction of sp³-hybridized carbons (Fsp3) is 0.538. The summed E-state index contributed by atoms with van der Waals surface area (Å²) in [6, 6.07) is 8.81. The van der Waals surface area contributed by atoms with E-state index in [2.05, 4.69) is 42.8 Å². The lowest BCUT2D eigenvalue weighted by atomic mass is 10.1. The van der Waals surface area contributed by atoms with Crippen LogP contribution in [0.3, 0.4) is 0 Å². The van der Waals surface area contributed by atoms with Crippen LogP contribution < -0.4 is 10.1 Å². The maximum atomic E-state index is 5.56. The molecule has 0 amide bonds. The highest BCUT2D eigenvalue weighted by Crippen LogP contribution is 2.20. The smallest absolute Gasteiger partial charge is 0.119 e. The predicted molar refractivity (Wildman–Crippen MR) is 72.4 cm³/mol. The first-order valence-corrected chi connectivity index (χ1v) is 7.10. The highest BCUT2D eigenvalue weighted by Gasteiger charge is 2.07. The summed E-state index contributed by atoms with van der Waals surface area (Å²) in [4.78, 5) is 0. The van der Waals surface area contributed by atoms with E-state index in [1.165, 1.54) is 5.56 Å². The number of rotatable bonds is 7. The molecule has 0 aliphatic heterocycles. The Morgan fingerprint density at radius 3 is 2.50 bits per heavy atom. The van der Waals surface area contributed by atoms with Gasteiger partial charge in [-0.1, -0.05) is 19.1 Å². The third kappa shape index (κ3) is 4.06. The molecule has 0 saturated carbocycles. The second-order valence-corrected chi connectivity index (χ2v) is 4.62. The van der Waals surface area contributed by atoms with Gasteiger partial charge in [-0.3, -0.25) is 0 Å². The molecule has 0 fully saturated rings. The predicted octanol–water partition coefficient (Wildman–Crippen LogP) is 3.10. The van der Waals surface area contributed by atoms with Crippen LogP contribution in [0.1, 0.15) is 24.9 Å². The van der Waals surface area contributed by atoms with Crippen molar-refractivity contribution < 1.29 is 4.74 Å². The van der Waals surface area contributed by atoms with Crippen molar-refractivity contribution in [2.45, 2.75) is 19.4 Å². The van der Waals surface area contributed by atoms with Crippen LogP contribution in [0.5, 0.6) is 5.75 Å². The fourth-order valence-corrected chi connectivity index (χ4v) is 2.22. The zero-order chi connectivity index (χ0) is 11.8. The van der Waals surface area contributed by atoms with E-state index >= 15 is 0 Å². The number of ether oxygens (including phenoxy) is 1. The molecule has 1 unspecified atom stereocenters. The Kier molecular flexibility index (Phi) is 6.34. The highest BCUT2D eigenvalue weighted by atomic mass is 32.2. The molecule has 0 bridgehead atoms. The summed E-state index contributed by atoms with van der Waals surface area (Å²) in [5.74, 6) is 2.05. The van der Waals surface area contributed by atoms with E-state index < -0.39 is 0 Å². The maximum absolute atomic E-state index is 5.56. The third-order valence-corrected chi connectivity index (χ3v) is 3.10. The number of thioether (sulfide) groups is 1. The van der Waals surface area contributed by atoms with Gasteiger partial charge in [-0.2, -0.15) is 11.8 Å². The lowest BCUT2D eigenvalue weighted by Crippen LogP contribution is -2.18. The van der Waals surface area contributed by atoms with Crippen LogP contribution in [-0.2, 0) is 0 Å². The molecule has 0 aliphatic carbocycles. The topological polar surface area (TPSA) is 21.3 Å². The molecule has 0 aliphatic rings. The molecular weight excluding hydrogens is 218 g/mol. The van der Waals surface area contributed by atoms with Crippen molar-refractivity contribution >= 4 is 11.8 Å². The van der Waals surface area contributed by atoms with Gasteiger partial charge < -0.3 is 10.1 Å². The van der Waals surface area contributed by atoms with Gasteiger partial charge in [-0.25, -0.2) is 0 Å². The standard InChI is InChI=1S/C13H21NOS/c1-4-9-15-12-7-5-11(6-8-12)13(14-2)10-16-3/h5-8,13-14H,4,9-10H2,1-3H3. The normalized spacial score (nSPS) is 12.4.